The Labute approximate surface area is 69.4 Å². The molecule has 0 saturated heterocycles. The highest BCUT2D eigenvalue weighted by molar-refractivity contribution is 7.16. The highest BCUT2D eigenvalue weighted by Crippen LogP contribution is 1.66. The van der Waals surface area contributed by atoms with E-state index >= 15 is 0 Å². The predicted molar refractivity (Wildman–Crippen MR) is 40.2 cm³/mol. The minimum Gasteiger partial charge on any atom is -0.473 e. The minimum absolute atomic E-state index is 0. The maximum absolute atomic E-state index is 9.10. The van der Waals surface area contributed by atoms with E-state index in [1.807, 2.05) is 0 Å². The molecular formula is C2H12N3O6P. The van der Waals surface area contributed by atoms with Crippen LogP contribution in [-0.2, 0) is 14.2 Å². The summed E-state index contributed by atoms with van der Waals surface area (Å²) in [6.07, 6.45) is 0. The predicted octanol–water partition coefficient (Wildman–Crippen LogP) is -0.173. The van der Waals surface area contributed by atoms with Gasteiger partial charge in [0.25, 0.3) is 0 Å². The van der Waals surface area contributed by atoms with Crippen LogP contribution in [-0.4, -0.2) is 27.0 Å². The second kappa shape index (κ2) is 22.5. The van der Waals surface area contributed by atoms with Crippen molar-refractivity contribution in [3.05, 3.63) is 0 Å². The molecule has 0 rings (SSSR count). The lowest BCUT2D eigenvalue weighted by Gasteiger charge is -1.72. The average Bonchev–Trinajstić information content (AvgIpc) is 1.68. The van der Waals surface area contributed by atoms with Crippen LogP contribution in [0.15, 0.2) is 0 Å². The molecule has 12 heavy (non-hydrogen) atoms. The van der Waals surface area contributed by atoms with E-state index in [0.29, 0.717) is 0 Å². The Kier molecular flexibility index (Phi) is 57.7. The first kappa shape index (κ1) is 30.7. The number of hydrogen-bond donors (Lipinski definition) is 6. The molecule has 12 N–H and O–H groups in total. The zero-order chi connectivity index (χ0) is 7.86. The molecule has 0 aromatic carbocycles. The van der Waals surface area contributed by atoms with Gasteiger partial charge in [-0.2, -0.15) is 0 Å². The average molecular weight is 205 g/mol. The van der Waals surface area contributed by atoms with Crippen LogP contribution in [0.2, 0.25) is 0 Å². The Morgan fingerprint density at radius 3 is 1.00 bits per heavy atom. The highest BCUT2D eigenvalue weighted by Gasteiger charge is 2.04. The van der Waals surface area contributed by atoms with Gasteiger partial charge in [0.05, 0.1) is 0 Å². The Morgan fingerprint density at radius 2 is 1.00 bits per heavy atom. The van der Waals surface area contributed by atoms with Crippen molar-refractivity contribution in [2.24, 2.45) is 0 Å². The maximum Gasteiger partial charge on any atom is 0.414 e. The van der Waals surface area contributed by atoms with Gasteiger partial charge in [0.2, 0.25) is 0 Å². The molecule has 0 unspecified atom stereocenters. The molecular weight excluding hydrogens is 193 g/mol. The van der Waals surface area contributed by atoms with Gasteiger partial charge in [-0.25, -0.2) is 14.2 Å². The third-order valence-electron chi connectivity index (χ3n) is 0.183. The third kappa shape index (κ3) is 66.5. The number of carbonyl (C=O) groups is 2. The van der Waals surface area contributed by atoms with Crippen molar-refractivity contribution in [3.8, 4) is 0 Å². The molecule has 0 aliphatic heterocycles. The van der Waals surface area contributed by atoms with Crippen LogP contribution in [0.25, 0.3) is 0 Å². The van der Waals surface area contributed by atoms with E-state index < -0.39 is 20.6 Å². The van der Waals surface area contributed by atoms with Gasteiger partial charge in [0, 0.05) is 0 Å². The maximum atomic E-state index is 9.10. The summed E-state index contributed by atoms with van der Waals surface area (Å²) in [4.78, 5) is 25.2. The van der Waals surface area contributed by atoms with Gasteiger partial charge in [0.15, 0.2) is 0 Å². The van der Waals surface area contributed by atoms with Gasteiger partial charge in [-0.05, 0) is 0 Å². The van der Waals surface area contributed by atoms with E-state index in [-0.39, 0.29) is 18.5 Å². The van der Waals surface area contributed by atoms with Crippen molar-refractivity contribution in [2.45, 2.75) is 0 Å². The van der Waals surface area contributed by atoms with Gasteiger partial charge in [-0.15, -0.1) is 0 Å². The summed E-state index contributed by atoms with van der Waals surface area (Å²) in [6.45, 7) is 0. The van der Waals surface area contributed by atoms with Crippen LogP contribution >= 0.6 is 8.69 Å². The molecule has 9 nitrogen and oxygen atoms in total. The Balaban J connectivity index is -0.0000000246. The van der Waals surface area contributed by atoms with Gasteiger partial charge in [0.1, 0.15) is 0 Å². The van der Waals surface area contributed by atoms with Crippen LogP contribution in [0.1, 0.15) is 0 Å². The lowest BCUT2D eigenvalue weighted by atomic mass is 10.7. The second-order valence-electron chi connectivity index (χ2n) is 0.692. The molecule has 0 bridgehead atoms. The summed E-state index contributed by atoms with van der Waals surface area (Å²) in [5.41, 5.74) is 0. The first-order chi connectivity index (χ1) is 4.06. The fourth-order valence-corrected chi connectivity index (χ4v) is 0. The van der Waals surface area contributed by atoms with Gasteiger partial charge < -0.3 is 33.6 Å². The Morgan fingerprint density at radius 1 is 0.917 bits per heavy atom. The quantitative estimate of drug-likeness (QED) is 0.228. The molecule has 0 radical (unpaired) electrons. The number of hydrogen-bond acceptors (Lipinski definition) is 6. The first-order valence-electron chi connectivity index (χ1n) is 1.49. The standard InChI is InChI=1S/C2H2O4.3H3N.HO2P/c3-1(4)2(5)6;;;;1-3-2/h(H,3,4)(H,5,6);3*1H3;(H,1,2). The molecule has 0 aromatic rings. The molecule has 0 aliphatic carbocycles. The van der Waals surface area contributed by atoms with Crippen LogP contribution in [0.3, 0.4) is 0 Å². The van der Waals surface area contributed by atoms with Gasteiger partial charge >= 0.3 is 20.6 Å². The largest absolute Gasteiger partial charge is 0.473 e. The zero-order valence-corrected chi connectivity index (χ0v) is 7.03. The van der Waals surface area contributed by atoms with Crippen LogP contribution in [0.5, 0.6) is 0 Å². The van der Waals surface area contributed by atoms with Crippen molar-refractivity contribution in [2.75, 3.05) is 0 Å². The van der Waals surface area contributed by atoms with E-state index in [1.54, 1.807) is 0 Å². The van der Waals surface area contributed by atoms with Crippen LogP contribution in [0.4, 0.5) is 0 Å². The molecule has 0 saturated carbocycles. The molecule has 0 fully saturated rings. The molecule has 0 amide bonds. The lowest BCUT2D eigenvalue weighted by molar-refractivity contribution is -0.159. The monoisotopic (exact) mass is 205 g/mol. The molecule has 0 spiro atoms. The van der Waals surface area contributed by atoms with Gasteiger partial charge in [-0.3, -0.25) is 0 Å². The minimum atomic E-state index is -1.82. The summed E-state index contributed by atoms with van der Waals surface area (Å²) < 4.78 is 8.46. The Hall–Kier alpha value is -1.12. The number of carboxylic acids is 2. The molecule has 0 aliphatic rings. The SMILES string of the molecule is N.N.N.O=C(O)C(=O)O.O=PO. The summed E-state index contributed by atoms with van der Waals surface area (Å²) in [5.74, 6) is -3.65. The summed E-state index contributed by atoms with van der Waals surface area (Å²) in [6, 6.07) is 0. The lowest BCUT2D eigenvalue weighted by Crippen LogP contribution is -2.09. The molecule has 10 heteroatoms. The summed E-state index contributed by atoms with van der Waals surface area (Å²) >= 11 is 0. The van der Waals surface area contributed by atoms with E-state index in [0.717, 1.165) is 0 Å². The highest BCUT2D eigenvalue weighted by atomic mass is 31.1. The molecule has 0 atom stereocenters. The van der Waals surface area contributed by atoms with E-state index in [9.17, 15) is 0 Å². The number of rotatable bonds is 0. The first-order valence-corrected chi connectivity index (χ1v) is 2.25. The number of carboxylic acid groups (broad SMARTS) is 2. The van der Waals surface area contributed by atoms with Gasteiger partial charge in [-0.1, -0.05) is 0 Å². The second-order valence-corrected chi connectivity index (χ2v) is 0.855. The third-order valence-corrected chi connectivity index (χ3v) is 0.183. The van der Waals surface area contributed by atoms with Crippen molar-refractivity contribution in [1.29, 1.82) is 0 Å². The molecule has 76 valence electrons. The van der Waals surface area contributed by atoms with Crippen molar-refractivity contribution < 1.29 is 29.3 Å². The summed E-state index contributed by atoms with van der Waals surface area (Å²) in [5, 5.41) is 14.8. The van der Waals surface area contributed by atoms with E-state index in [1.165, 1.54) is 0 Å². The van der Waals surface area contributed by atoms with E-state index in [4.69, 9.17) is 29.3 Å². The summed E-state index contributed by atoms with van der Waals surface area (Å²) in [7, 11) is -0.833. The molecule has 0 heterocycles. The number of aliphatic carboxylic acids is 2. The van der Waals surface area contributed by atoms with Crippen LogP contribution in [0, 0.1) is 0 Å². The fourth-order valence-electron chi connectivity index (χ4n) is 0. The fraction of sp³-hybridized carbons (Fsp3) is 0. The normalized spacial score (nSPS) is 5.42. The van der Waals surface area contributed by atoms with Crippen molar-refractivity contribution in [3.63, 3.8) is 0 Å². The van der Waals surface area contributed by atoms with Crippen LogP contribution < -0.4 is 18.5 Å². The topological polar surface area (TPSA) is 217 Å². The Bertz CT molecular complexity index is 116. The van der Waals surface area contributed by atoms with Crippen molar-refractivity contribution >= 4 is 20.6 Å². The zero-order valence-electron chi connectivity index (χ0n) is 6.13. The van der Waals surface area contributed by atoms with E-state index in [2.05, 4.69) is 0 Å². The van der Waals surface area contributed by atoms with Crippen molar-refractivity contribution in [1.82, 2.24) is 18.5 Å². The molecule has 0 aromatic heterocycles. The smallest absolute Gasteiger partial charge is 0.414 e.